The van der Waals surface area contributed by atoms with Crippen LogP contribution in [-0.4, -0.2) is 25.5 Å². The molecule has 0 unspecified atom stereocenters. The molecule has 0 aliphatic carbocycles. The van der Waals surface area contributed by atoms with Crippen LogP contribution in [0.2, 0.25) is 0 Å². The van der Waals surface area contributed by atoms with E-state index in [-0.39, 0.29) is 0 Å². The second kappa shape index (κ2) is 4.75. The molecule has 1 aromatic rings. The van der Waals surface area contributed by atoms with Crippen LogP contribution in [0.3, 0.4) is 0 Å². The van der Waals surface area contributed by atoms with Gasteiger partial charge in [-0.05, 0) is 23.8 Å². The van der Waals surface area contributed by atoms with Gasteiger partial charge in [-0.3, -0.25) is 5.32 Å². The van der Waals surface area contributed by atoms with Crippen molar-refractivity contribution in [1.29, 1.82) is 0 Å². The molecule has 4 nitrogen and oxygen atoms in total. The average Bonchev–Trinajstić information content (AvgIpc) is 2.72. The molecule has 0 atom stereocenters. The number of halogens is 3. The van der Waals surface area contributed by atoms with Crippen LogP contribution in [-0.2, 0) is 11.2 Å². The number of rotatable bonds is 2. The van der Waals surface area contributed by atoms with Gasteiger partial charge in [-0.2, -0.15) is 13.2 Å². The Labute approximate surface area is 101 Å². The third-order valence-corrected chi connectivity index (χ3v) is 2.30. The van der Waals surface area contributed by atoms with Gasteiger partial charge in [0, 0.05) is 12.1 Å². The first-order chi connectivity index (χ1) is 8.44. The summed E-state index contributed by atoms with van der Waals surface area (Å²) in [6, 6.07) is 4.85. The fourth-order valence-electron chi connectivity index (χ4n) is 1.57. The first kappa shape index (κ1) is 12.5. The molecule has 7 heteroatoms. The van der Waals surface area contributed by atoms with Crippen molar-refractivity contribution in [1.82, 2.24) is 0 Å². The minimum absolute atomic E-state index is 0.381. The molecule has 1 aliphatic rings. The lowest BCUT2D eigenvalue weighted by Crippen LogP contribution is -2.23. The minimum atomic E-state index is -4.52. The van der Waals surface area contributed by atoms with Crippen molar-refractivity contribution in [3.8, 4) is 5.75 Å². The normalized spacial score (nSPS) is 13.7. The molecule has 1 heterocycles. The van der Waals surface area contributed by atoms with Gasteiger partial charge in [0.1, 0.15) is 5.75 Å². The molecule has 0 saturated carbocycles. The highest BCUT2D eigenvalue weighted by atomic mass is 19.4. The number of anilines is 1. The van der Waals surface area contributed by atoms with E-state index in [0.717, 1.165) is 11.3 Å². The number of carbonyl (C=O) groups excluding carboxylic acids is 1. The molecule has 1 amide bonds. The van der Waals surface area contributed by atoms with E-state index >= 15 is 0 Å². The SMILES string of the molecule is O=C(Nc1ccc2c(c1)CCO2)OCC(F)(F)F. The standard InChI is InChI=1S/C11H10F3NO3/c12-11(13,14)6-18-10(16)15-8-1-2-9-7(5-8)3-4-17-9/h1-2,5H,3-4,6H2,(H,15,16). The van der Waals surface area contributed by atoms with Crippen LogP contribution in [0.5, 0.6) is 5.75 Å². The summed E-state index contributed by atoms with van der Waals surface area (Å²) >= 11 is 0. The van der Waals surface area contributed by atoms with E-state index in [1.54, 1.807) is 18.2 Å². The van der Waals surface area contributed by atoms with Gasteiger partial charge in [-0.15, -0.1) is 0 Å². The highest BCUT2D eigenvalue weighted by Crippen LogP contribution is 2.27. The zero-order valence-corrected chi connectivity index (χ0v) is 9.21. The molecule has 0 bridgehead atoms. The zero-order valence-electron chi connectivity index (χ0n) is 9.21. The number of ether oxygens (including phenoxy) is 2. The van der Waals surface area contributed by atoms with Crippen LogP contribution < -0.4 is 10.1 Å². The largest absolute Gasteiger partial charge is 0.493 e. The number of amides is 1. The van der Waals surface area contributed by atoms with Crippen LogP contribution in [0.1, 0.15) is 5.56 Å². The molecule has 2 rings (SSSR count). The van der Waals surface area contributed by atoms with E-state index in [0.29, 0.717) is 18.7 Å². The van der Waals surface area contributed by atoms with Gasteiger partial charge >= 0.3 is 12.3 Å². The third kappa shape index (κ3) is 3.28. The average molecular weight is 261 g/mol. The van der Waals surface area contributed by atoms with Crippen LogP contribution in [0.15, 0.2) is 18.2 Å². The fraction of sp³-hybridized carbons (Fsp3) is 0.364. The van der Waals surface area contributed by atoms with Gasteiger partial charge in [-0.1, -0.05) is 0 Å². The van der Waals surface area contributed by atoms with Crippen molar-refractivity contribution in [2.45, 2.75) is 12.6 Å². The molecule has 18 heavy (non-hydrogen) atoms. The summed E-state index contributed by atoms with van der Waals surface area (Å²) in [5, 5.41) is 2.23. The highest BCUT2D eigenvalue weighted by molar-refractivity contribution is 5.84. The predicted octanol–water partition coefficient (Wildman–Crippen LogP) is 2.73. The molecular formula is C11H10F3NO3. The van der Waals surface area contributed by atoms with Crippen molar-refractivity contribution in [3.05, 3.63) is 23.8 Å². The van der Waals surface area contributed by atoms with E-state index in [1.807, 2.05) is 0 Å². The van der Waals surface area contributed by atoms with E-state index in [9.17, 15) is 18.0 Å². The van der Waals surface area contributed by atoms with Crippen LogP contribution >= 0.6 is 0 Å². The minimum Gasteiger partial charge on any atom is -0.493 e. The van der Waals surface area contributed by atoms with Crippen molar-refractivity contribution in [2.75, 3.05) is 18.5 Å². The number of hydrogen-bond donors (Lipinski definition) is 1. The third-order valence-electron chi connectivity index (χ3n) is 2.30. The fourth-order valence-corrected chi connectivity index (χ4v) is 1.57. The number of benzene rings is 1. The zero-order chi connectivity index (χ0) is 13.2. The maximum Gasteiger partial charge on any atom is 0.422 e. The van der Waals surface area contributed by atoms with Gasteiger partial charge in [0.05, 0.1) is 6.61 Å². The number of nitrogens with one attached hydrogen (secondary N) is 1. The van der Waals surface area contributed by atoms with Crippen LogP contribution in [0, 0.1) is 0 Å². The summed E-state index contributed by atoms with van der Waals surface area (Å²) in [5.41, 5.74) is 1.29. The Bertz CT molecular complexity index is 459. The van der Waals surface area contributed by atoms with Gasteiger partial charge in [0.15, 0.2) is 6.61 Å². The predicted molar refractivity (Wildman–Crippen MR) is 56.7 cm³/mol. The van der Waals surface area contributed by atoms with Gasteiger partial charge < -0.3 is 9.47 Å². The Morgan fingerprint density at radius 2 is 2.22 bits per heavy atom. The van der Waals surface area contributed by atoms with Crippen molar-refractivity contribution in [3.63, 3.8) is 0 Å². The lowest BCUT2D eigenvalue weighted by Gasteiger charge is -2.09. The summed E-state index contributed by atoms with van der Waals surface area (Å²) in [6.45, 7) is -1.04. The second-order valence-electron chi connectivity index (χ2n) is 3.74. The topological polar surface area (TPSA) is 47.6 Å². The molecule has 0 spiro atoms. The molecule has 1 aromatic carbocycles. The molecule has 0 saturated heterocycles. The second-order valence-corrected chi connectivity index (χ2v) is 3.74. The van der Waals surface area contributed by atoms with Gasteiger partial charge in [0.25, 0.3) is 0 Å². The summed E-state index contributed by atoms with van der Waals surface area (Å²) in [4.78, 5) is 11.1. The molecular weight excluding hydrogens is 251 g/mol. The summed E-state index contributed by atoms with van der Waals surface area (Å²) in [5.74, 6) is 0.726. The lowest BCUT2D eigenvalue weighted by molar-refractivity contribution is -0.159. The van der Waals surface area contributed by atoms with Crippen LogP contribution in [0.4, 0.5) is 23.7 Å². The Kier molecular flexibility index (Phi) is 3.31. The molecule has 0 fully saturated rings. The molecule has 0 aromatic heterocycles. The van der Waals surface area contributed by atoms with E-state index in [4.69, 9.17) is 4.74 Å². The van der Waals surface area contributed by atoms with Gasteiger partial charge in [0.2, 0.25) is 0 Å². The monoisotopic (exact) mass is 261 g/mol. The van der Waals surface area contributed by atoms with Gasteiger partial charge in [-0.25, -0.2) is 4.79 Å². The summed E-state index contributed by atoms with van der Waals surface area (Å²) in [7, 11) is 0. The van der Waals surface area contributed by atoms with E-state index in [2.05, 4.69) is 10.1 Å². The van der Waals surface area contributed by atoms with Crippen molar-refractivity contribution < 1.29 is 27.4 Å². The van der Waals surface area contributed by atoms with E-state index < -0.39 is 18.9 Å². The smallest absolute Gasteiger partial charge is 0.422 e. The Balaban J connectivity index is 1.91. The molecule has 1 aliphatic heterocycles. The maximum atomic E-state index is 11.8. The van der Waals surface area contributed by atoms with E-state index in [1.165, 1.54) is 0 Å². The molecule has 0 radical (unpaired) electrons. The Hall–Kier alpha value is -1.92. The maximum absolute atomic E-state index is 11.8. The summed E-state index contributed by atoms with van der Waals surface area (Å²) < 4.78 is 44.7. The first-order valence-electron chi connectivity index (χ1n) is 5.20. The van der Waals surface area contributed by atoms with Crippen molar-refractivity contribution >= 4 is 11.8 Å². The number of hydrogen-bond acceptors (Lipinski definition) is 3. The highest BCUT2D eigenvalue weighted by Gasteiger charge is 2.29. The molecule has 1 N–H and O–H groups in total. The molecule has 98 valence electrons. The number of carbonyl (C=O) groups is 1. The summed E-state index contributed by atoms with van der Waals surface area (Å²) in [6.07, 6.45) is -4.95. The number of fused-ring (bicyclic) bond motifs is 1. The quantitative estimate of drug-likeness (QED) is 0.890. The Morgan fingerprint density at radius 3 is 2.94 bits per heavy atom. The number of alkyl halides is 3. The first-order valence-corrected chi connectivity index (χ1v) is 5.20. The van der Waals surface area contributed by atoms with Crippen molar-refractivity contribution in [2.24, 2.45) is 0 Å². The lowest BCUT2D eigenvalue weighted by atomic mass is 10.1. The van der Waals surface area contributed by atoms with Crippen LogP contribution in [0.25, 0.3) is 0 Å². The Morgan fingerprint density at radius 1 is 1.44 bits per heavy atom.